The first kappa shape index (κ1) is 14.0. The molecule has 0 amide bonds. The van der Waals surface area contributed by atoms with Crippen LogP contribution in [-0.2, 0) is 4.74 Å². The van der Waals surface area contributed by atoms with Crippen molar-refractivity contribution in [1.82, 2.24) is 0 Å². The Labute approximate surface area is 109 Å². The van der Waals surface area contributed by atoms with Gasteiger partial charge >= 0.3 is 5.97 Å². The molecule has 94 valence electrons. The summed E-state index contributed by atoms with van der Waals surface area (Å²) < 4.78 is 11.2. The molecule has 5 heteroatoms. The highest BCUT2D eigenvalue weighted by Gasteiger charge is 2.11. The second kappa shape index (κ2) is 7.29. The Morgan fingerprint density at radius 2 is 2.06 bits per heavy atom. The molecule has 0 heterocycles. The summed E-state index contributed by atoms with van der Waals surface area (Å²) in [4.78, 5) is 11.0. The molecular weight excluding hydrogens is 288 g/mol. The summed E-state index contributed by atoms with van der Waals surface area (Å²) in [6, 6.07) is 4.87. The average Bonchev–Trinajstić information content (AvgIpc) is 2.28. The maximum Gasteiger partial charge on any atom is 0.339 e. The Morgan fingerprint density at radius 3 is 2.71 bits per heavy atom. The molecule has 0 bridgehead atoms. The molecular formula is C12H15BrO4. The number of methoxy groups -OCH3 is 1. The highest BCUT2D eigenvalue weighted by Crippen LogP contribution is 2.24. The maximum absolute atomic E-state index is 11.0. The number of benzene rings is 1. The predicted molar refractivity (Wildman–Crippen MR) is 67.7 cm³/mol. The summed E-state index contributed by atoms with van der Waals surface area (Å²) in [6.07, 6.45) is 1.73. The Hall–Kier alpha value is -1.07. The van der Waals surface area contributed by atoms with Gasteiger partial charge in [0.05, 0.1) is 6.61 Å². The van der Waals surface area contributed by atoms with Crippen molar-refractivity contribution in [2.75, 3.05) is 20.3 Å². The molecule has 0 aliphatic carbocycles. The number of rotatable bonds is 7. The van der Waals surface area contributed by atoms with Gasteiger partial charge in [-0.05, 0) is 31.0 Å². The van der Waals surface area contributed by atoms with Gasteiger partial charge in [-0.25, -0.2) is 4.79 Å². The third kappa shape index (κ3) is 4.75. The van der Waals surface area contributed by atoms with E-state index in [0.717, 1.165) is 17.3 Å². The van der Waals surface area contributed by atoms with Crippen molar-refractivity contribution in [3.63, 3.8) is 0 Å². The van der Waals surface area contributed by atoms with E-state index in [4.69, 9.17) is 14.6 Å². The van der Waals surface area contributed by atoms with Crippen LogP contribution in [0.25, 0.3) is 0 Å². The third-order valence-corrected chi connectivity index (χ3v) is 2.67. The van der Waals surface area contributed by atoms with Gasteiger partial charge in [-0.3, -0.25) is 0 Å². The molecule has 4 nitrogen and oxygen atoms in total. The third-order valence-electron chi connectivity index (χ3n) is 2.17. The van der Waals surface area contributed by atoms with Crippen LogP contribution < -0.4 is 4.74 Å². The fourth-order valence-electron chi connectivity index (χ4n) is 1.32. The molecule has 0 unspecified atom stereocenters. The van der Waals surface area contributed by atoms with Crippen LogP contribution in [0.4, 0.5) is 0 Å². The van der Waals surface area contributed by atoms with Crippen LogP contribution in [0.15, 0.2) is 22.7 Å². The second-order valence-electron chi connectivity index (χ2n) is 3.49. The van der Waals surface area contributed by atoms with E-state index in [1.165, 1.54) is 6.07 Å². The van der Waals surface area contributed by atoms with Crippen molar-refractivity contribution in [3.8, 4) is 5.75 Å². The summed E-state index contributed by atoms with van der Waals surface area (Å²) in [5, 5.41) is 8.98. The molecule has 17 heavy (non-hydrogen) atoms. The molecule has 0 radical (unpaired) electrons. The fraction of sp³-hybridized carbons (Fsp3) is 0.417. The zero-order valence-electron chi connectivity index (χ0n) is 9.61. The standard InChI is InChI=1S/C12H15BrO4/c1-16-6-2-3-7-17-11-8-9(13)4-5-10(11)12(14)15/h4-5,8H,2-3,6-7H2,1H3,(H,14,15). The molecule has 0 saturated carbocycles. The van der Waals surface area contributed by atoms with Gasteiger partial charge in [-0.15, -0.1) is 0 Å². The van der Waals surface area contributed by atoms with Crippen LogP contribution >= 0.6 is 15.9 Å². The monoisotopic (exact) mass is 302 g/mol. The SMILES string of the molecule is COCCCCOc1cc(Br)ccc1C(=O)O. The number of carbonyl (C=O) groups is 1. The molecule has 0 aliphatic rings. The summed E-state index contributed by atoms with van der Waals surface area (Å²) >= 11 is 3.29. The Balaban J connectivity index is 2.56. The van der Waals surface area contributed by atoms with E-state index in [2.05, 4.69) is 15.9 Å². The van der Waals surface area contributed by atoms with Crippen molar-refractivity contribution in [1.29, 1.82) is 0 Å². The summed E-state index contributed by atoms with van der Waals surface area (Å²) in [7, 11) is 1.65. The van der Waals surface area contributed by atoms with Crippen LogP contribution in [0.1, 0.15) is 23.2 Å². The average molecular weight is 303 g/mol. The van der Waals surface area contributed by atoms with E-state index >= 15 is 0 Å². The highest BCUT2D eigenvalue weighted by molar-refractivity contribution is 9.10. The quantitative estimate of drug-likeness (QED) is 0.787. The largest absolute Gasteiger partial charge is 0.493 e. The Kier molecular flexibility index (Phi) is 6.00. The minimum atomic E-state index is -0.982. The second-order valence-corrected chi connectivity index (χ2v) is 4.41. The van der Waals surface area contributed by atoms with E-state index in [1.54, 1.807) is 19.2 Å². The Morgan fingerprint density at radius 1 is 1.35 bits per heavy atom. The van der Waals surface area contributed by atoms with Gasteiger partial charge in [0.25, 0.3) is 0 Å². The van der Waals surface area contributed by atoms with Gasteiger partial charge < -0.3 is 14.6 Å². The maximum atomic E-state index is 11.0. The number of carboxylic acid groups (broad SMARTS) is 1. The number of hydrogen-bond donors (Lipinski definition) is 1. The molecule has 1 aromatic rings. The normalized spacial score (nSPS) is 10.2. The molecule has 0 spiro atoms. The van der Waals surface area contributed by atoms with Crippen molar-refractivity contribution >= 4 is 21.9 Å². The summed E-state index contributed by atoms with van der Waals surface area (Å²) in [6.45, 7) is 1.17. The summed E-state index contributed by atoms with van der Waals surface area (Å²) in [5.74, 6) is -0.589. The Bertz CT molecular complexity index is 379. The van der Waals surface area contributed by atoms with Crippen LogP contribution in [0, 0.1) is 0 Å². The van der Waals surface area contributed by atoms with Gasteiger partial charge in [0.15, 0.2) is 0 Å². The molecule has 0 fully saturated rings. The molecule has 1 rings (SSSR count). The number of aromatic carboxylic acids is 1. The lowest BCUT2D eigenvalue weighted by atomic mass is 10.2. The zero-order valence-corrected chi connectivity index (χ0v) is 11.2. The topological polar surface area (TPSA) is 55.8 Å². The van der Waals surface area contributed by atoms with E-state index in [-0.39, 0.29) is 5.56 Å². The minimum Gasteiger partial charge on any atom is -0.493 e. The van der Waals surface area contributed by atoms with Gasteiger partial charge in [0, 0.05) is 18.2 Å². The number of ether oxygens (including phenoxy) is 2. The number of unbranched alkanes of at least 4 members (excludes halogenated alkanes) is 1. The molecule has 0 atom stereocenters. The first-order valence-electron chi connectivity index (χ1n) is 5.29. The molecule has 0 aliphatic heterocycles. The molecule has 0 saturated heterocycles. The lowest BCUT2D eigenvalue weighted by Crippen LogP contribution is -2.05. The first-order chi connectivity index (χ1) is 8.15. The fourth-order valence-corrected chi connectivity index (χ4v) is 1.66. The molecule has 0 aromatic heterocycles. The number of carboxylic acids is 1. The van der Waals surface area contributed by atoms with Gasteiger partial charge in [0.1, 0.15) is 11.3 Å². The van der Waals surface area contributed by atoms with Crippen LogP contribution in [-0.4, -0.2) is 31.4 Å². The molecule has 1 aromatic carbocycles. The van der Waals surface area contributed by atoms with Crippen LogP contribution in [0.2, 0.25) is 0 Å². The minimum absolute atomic E-state index is 0.181. The van der Waals surface area contributed by atoms with Gasteiger partial charge in [0.2, 0.25) is 0 Å². The van der Waals surface area contributed by atoms with E-state index in [1.807, 2.05) is 0 Å². The van der Waals surface area contributed by atoms with Crippen molar-refractivity contribution < 1.29 is 19.4 Å². The lowest BCUT2D eigenvalue weighted by molar-refractivity contribution is 0.0692. The first-order valence-corrected chi connectivity index (χ1v) is 6.09. The summed E-state index contributed by atoms with van der Waals surface area (Å²) in [5.41, 5.74) is 0.181. The van der Waals surface area contributed by atoms with Crippen molar-refractivity contribution in [2.45, 2.75) is 12.8 Å². The highest BCUT2D eigenvalue weighted by atomic mass is 79.9. The number of hydrogen-bond acceptors (Lipinski definition) is 3. The zero-order chi connectivity index (χ0) is 12.7. The van der Waals surface area contributed by atoms with Crippen molar-refractivity contribution in [2.24, 2.45) is 0 Å². The van der Waals surface area contributed by atoms with Gasteiger partial charge in [-0.1, -0.05) is 15.9 Å². The van der Waals surface area contributed by atoms with Gasteiger partial charge in [-0.2, -0.15) is 0 Å². The smallest absolute Gasteiger partial charge is 0.339 e. The lowest BCUT2D eigenvalue weighted by Gasteiger charge is -2.09. The van der Waals surface area contributed by atoms with Crippen molar-refractivity contribution in [3.05, 3.63) is 28.2 Å². The van der Waals surface area contributed by atoms with E-state index in [0.29, 0.717) is 19.0 Å². The number of halogens is 1. The van der Waals surface area contributed by atoms with Crippen LogP contribution in [0.5, 0.6) is 5.75 Å². The van der Waals surface area contributed by atoms with Crippen LogP contribution in [0.3, 0.4) is 0 Å². The molecule has 1 N–H and O–H groups in total. The van der Waals surface area contributed by atoms with E-state index in [9.17, 15) is 4.79 Å². The van der Waals surface area contributed by atoms with E-state index < -0.39 is 5.97 Å². The predicted octanol–water partition coefficient (Wildman–Crippen LogP) is 2.95.